The molecule has 0 saturated carbocycles. The van der Waals surface area contributed by atoms with E-state index in [2.05, 4.69) is 29.5 Å². The summed E-state index contributed by atoms with van der Waals surface area (Å²) < 4.78 is 5.96. The van der Waals surface area contributed by atoms with E-state index < -0.39 is 0 Å². The molecule has 0 spiro atoms. The van der Waals surface area contributed by atoms with Crippen LogP contribution in [0.4, 0.5) is 11.5 Å². The summed E-state index contributed by atoms with van der Waals surface area (Å²) in [5.41, 5.74) is 1.20. The van der Waals surface area contributed by atoms with Crippen molar-refractivity contribution in [2.24, 2.45) is 5.92 Å². The van der Waals surface area contributed by atoms with Crippen LogP contribution in [-0.2, 0) is 4.79 Å². The number of rotatable bonds is 5. The summed E-state index contributed by atoms with van der Waals surface area (Å²) in [6.07, 6.45) is 6.32. The highest BCUT2D eigenvalue weighted by atomic mass is 16.5. The number of carbonyl (C=O) groups is 2. The summed E-state index contributed by atoms with van der Waals surface area (Å²) in [6.45, 7) is 6.07. The fourth-order valence-electron chi connectivity index (χ4n) is 3.59. The minimum Gasteiger partial charge on any atom is -0.491 e. The third kappa shape index (κ3) is 6.97. The number of anilines is 2. The van der Waals surface area contributed by atoms with E-state index in [1.165, 1.54) is 0 Å². The first-order chi connectivity index (χ1) is 15.5. The Balaban J connectivity index is 1.82. The zero-order valence-corrected chi connectivity index (χ0v) is 19.1. The van der Waals surface area contributed by atoms with Crippen molar-refractivity contribution in [3.8, 4) is 5.75 Å². The maximum atomic E-state index is 13.5. The lowest BCUT2D eigenvalue weighted by atomic mass is 10.1. The van der Waals surface area contributed by atoms with Crippen molar-refractivity contribution in [1.29, 1.82) is 0 Å². The van der Waals surface area contributed by atoms with Crippen molar-refractivity contribution in [2.75, 3.05) is 31.6 Å². The van der Waals surface area contributed by atoms with Crippen molar-refractivity contribution in [3.63, 3.8) is 0 Å². The normalized spacial score (nSPS) is 15.1. The third-order valence-corrected chi connectivity index (χ3v) is 5.42. The number of para-hydroxylation sites is 2. The number of benzene rings is 1. The Kier molecular flexibility index (Phi) is 8.90. The van der Waals surface area contributed by atoms with E-state index in [-0.39, 0.29) is 18.4 Å². The number of nitrogens with one attached hydrogen (secondary N) is 2. The molecule has 1 aromatic carbocycles. The van der Waals surface area contributed by atoms with Crippen molar-refractivity contribution in [1.82, 2.24) is 15.2 Å². The maximum absolute atomic E-state index is 13.5. The van der Waals surface area contributed by atoms with Crippen molar-refractivity contribution >= 4 is 23.3 Å². The van der Waals surface area contributed by atoms with Crippen LogP contribution in [0.25, 0.3) is 0 Å². The van der Waals surface area contributed by atoms with Gasteiger partial charge in [-0.25, -0.2) is 4.98 Å². The van der Waals surface area contributed by atoms with E-state index >= 15 is 0 Å². The van der Waals surface area contributed by atoms with Crippen molar-refractivity contribution in [3.05, 3.63) is 48.2 Å². The lowest BCUT2D eigenvalue weighted by molar-refractivity contribution is -0.121. The first-order valence-corrected chi connectivity index (χ1v) is 11.5. The Morgan fingerprint density at radius 3 is 2.81 bits per heavy atom. The van der Waals surface area contributed by atoms with Crippen LogP contribution in [0.15, 0.2) is 42.6 Å². The van der Waals surface area contributed by atoms with Gasteiger partial charge in [0.15, 0.2) is 0 Å². The Hall–Kier alpha value is -3.09. The number of aromatic nitrogens is 1. The second-order valence-electron chi connectivity index (χ2n) is 8.54. The van der Waals surface area contributed by atoms with Gasteiger partial charge in [-0.1, -0.05) is 38.8 Å². The zero-order valence-electron chi connectivity index (χ0n) is 19.1. The Morgan fingerprint density at radius 1 is 1.16 bits per heavy atom. The predicted octanol–water partition coefficient (Wildman–Crippen LogP) is 4.38. The topological polar surface area (TPSA) is 83.6 Å². The lowest BCUT2D eigenvalue weighted by Gasteiger charge is -2.24. The fourth-order valence-corrected chi connectivity index (χ4v) is 3.59. The molecule has 0 aliphatic carbocycles. The first kappa shape index (κ1) is 23.6. The molecule has 32 heavy (non-hydrogen) atoms. The fraction of sp³-hybridized carbons (Fsp3) is 0.480. The van der Waals surface area contributed by atoms with Gasteiger partial charge in [-0.2, -0.15) is 0 Å². The number of nitrogens with zero attached hydrogens (tertiary/aromatic N) is 2. The molecule has 1 aliphatic heterocycles. The number of hydrogen-bond acceptors (Lipinski definition) is 5. The number of pyridine rings is 1. The molecular weight excluding hydrogens is 404 g/mol. The lowest BCUT2D eigenvalue weighted by Crippen LogP contribution is -2.42. The van der Waals surface area contributed by atoms with Crippen LogP contribution in [-0.4, -0.2) is 47.9 Å². The molecule has 0 bridgehead atoms. The molecule has 2 aromatic rings. The third-order valence-electron chi connectivity index (χ3n) is 5.42. The average molecular weight is 439 g/mol. The van der Waals surface area contributed by atoms with Gasteiger partial charge in [0.1, 0.15) is 11.6 Å². The van der Waals surface area contributed by atoms with Gasteiger partial charge in [0.25, 0.3) is 5.91 Å². The van der Waals surface area contributed by atoms with Crippen LogP contribution in [0, 0.1) is 5.92 Å². The smallest absolute Gasteiger partial charge is 0.258 e. The largest absolute Gasteiger partial charge is 0.491 e. The number of hydrogen-bond donors (Lipinski definition) is 2. The summed E-state index contributed by atoms with van der Waals surface area (Å²) in [7, 11) is 0. The first-order valence-electron chi connectivity index (χ1n) is 11.5. The molecule has 0 unspecified atom stereocenters. The maximum Gasteiger partial charge on any atom is 0.258 e. The van der Waals surface area contributed by atoms with E-state index in [4.69, 9.17) is 4.74 Å². The molecule has 3 rings (SSSR count). The summed E-state index contributed by atoms with van der Waals surface area (Å²) in [5, 5.41) is 6.20. The minimum atomic E-state index is -0.199. The van der Waals surface area contributed by atoms with Gasteiger partial charge in [-0.3, -0.25) is 9.59 Å². The van der Waals surface area contributed by atoms with Gasteiger partial charge in [-0.15, -0.1) is 0 Å². The highest BCUT2D eigenvalue weighted by Gasteiger charge is 2.22. The van der Waals surface area contributed by atoms with Gasteiger partial charge in [-0.05, 0) is 49.4 Å². The molecule has 0 radical (unpaired) electrons. The number of amides is 2. The summed E-state index contributed by atoms with van der Waals surface area (Å²) in [6, 6.07) is 11.1. The van der Waals surface area contributed by atoms with Crippen molar-refractivity contribution in [2.45, 2.75) is 46.0 Å². The number of ether oxygens (including phenoxy) is 1. The van der Waals surface area contributed by atoms with E-state index in [1.54, 1.807) is 23.2 Å². The summed E-state index contributed by atoms with van der Waals surface area (Å²) in [5.74, 6) is 1.38. The molecule has 0 saturated heterocycles. The van der Waals surface area contributed by atoms with Crippen LogP contribution < -0.4 is 15.4 Å². The van der Waals surface area contributed by atoms with Crippen molar-refractivity contribution < 1.29 is 14.3 Å². The molecule has 2 N–H and O–H groups in total. The van der Waals surface area contributed by atoms with Crippen LogP contribution in [0.3, 0.4) is 0 Å². The molecule has 0 atom stereocenters. The molecule has 0 fully saturated rings. The molecule has 1 aliphatic rings. The number of fused-ring (bicyclic) bond motifs is 2. The molecule has 2 heterocycles. The van der Waals surface area contributed by atoms with Gasteiger partial charge in [0, 0.05) is 19.3 Å². The Labute approximate surface area is 190 Å². The predicted molar refractivity (Wildman–Crippen MR) is 126 cm³/mol. The zero-order chi connectivity index (χ0) is 22.8. The number of carbonyl (C=O) groups excluding carboxylic acids is 2. The molecular formula is C25H34N4O3. The molecule has 172 valence electrons. The van der Waals surface area contributed by atoms with Crippen LogP contribution in [0.1, 0.15) is 56.3 Å². The highest BCUT2D eigenvalue weighted by molar-refractivity contribution is 6.01. The minimum absolute atomic E-state index is 0.0466. The molecule has 1 aromatic heterocycles. The van der Waals surface area contributed by atoms with E-state index in [0.717, 1.165) is 43.5 Å². The van der Waals surface area contributed by atoms with Crippen LogP contribution >= 0.6 is 0 Å². The summed E-state index contributed by atoms with van der Waals surface area (Å²) in [4.78, 5) is 32.1. The quantitative estimate of drug-likeness (QED) is 0.724. The Bertz CT molecular complexity index is 900. The van der Waals surface area contributed by atoms with Gasteiger partial charge >= 0.3 is 0 Å². The average Bonchev–Trinajstić information content (AvgIpc) is 2.78. The summed E-state index contributed by atoms with van der Waals surface area (Å²) >= 11 is 0. The van der Waals surface area contributed by atoms with Gasteiger partial charge in [0.2, 0.25) is 5.91 Å². The second kappa shape index (κ2) is 12.1. The molecule has 7 nitrogen and oxygen atoms in total. The molecule has 7 heteroatoms. The monoisotopic (exact) mass is 438 g/mol. The van der Waals surface area contributed by atoms with E-state index in [9.17, 15) is 9.59 Å². The Morgan fingerprint density at radius 2 is 1.97 bits per heavy atom. The SMILES string of the molecule is CC(C)CCNC(=O)CN1CCCCCCOc2ccccc2Nc2ncccc2C1=O. The standard InChI is InChI=1S/C25H34N4O3/c1-19(2)13-15-26-23(30)18-29-16-7-3-4-8-17-32-22-12-6-5-11-21(22)28-24-20(25(29)31)10-9-14-27-24/h5-6,9-12,14,19H,3-4,7-8,13,15-18H2,1-2H3,(H,26,30)(H,27,28). The van der Waals surface area contributed by atoms with Crippen LogP contribution in [0.2, 0.25) is 0 Å². The van der Waals surface area contributed by atoms with Gasteiger partial charge in [0.05, 0.1) is 24.4 Å². The van der Waals surface area contributed by atoms with E-state index in [0.29, 0.717) is 37.0 Å². The molecule has 2 amide bonds. The van der Waals surface area contributed by atoms with E-state index in [1.807, 2.05) is 24.3 Å². The van der Waals surface area contributed by atoms with Crippen LogP contribution in [0.5, 0.6) is 5.75 Å². The highest BCUT2D eigenvalue weighted by Crippen LogP contribution is 2.29. The van der Waals surface area contributed by atoms with Gasteiger partial charge < -0.3 is 20.3 Å². The second-order valence-corrected chi connectivity index (χ2v) is 8.54.